The Bertz CT molecular complexity index is 286. The van der Waals surface area contributed by atoms with Gasteiger partial charge in [-0.05, 0) is 13.8 Å². The highest BCUT2D eigenvalue weighted by Crippen LogP contribution is 2.25. The third-order valence-electron chi connectivity index (χ3n) is 2.50. The topological polar surface area (TPSA) is 27.7 Å². The van der Waals surface area contributed by atoms with E-state index in [0.29, 0.717) is 19.8 Å². The first-order chi connectivity index (χ1) is 7.73. The van der Waals surface area contributed by atoms with Gasteiger partial charge in [0.05, 0.1) is 13.2 Å². The lowest BCUT2D eigenvalue weighted by Gasteiger charge is -2.28. The quantitative estimate of drug-likeness (QED) is 0.526. The van der Waals surface area contributed by atoms with Gasteiger partial charge in [-0.2, -0.15) is 0 Å². The number of methoxy groups -OCH3 is 1. The van der Waals surface area contributed by atoms with E-state index < -0.39 is 5.79 Å². The van der Waals surface area contributed by atoms with Crippen LogP contribution < -0.4 is 0 Å². The second-order valence-corrected chi connectivity index (χ2v) is 3.56. The second kappa shape index (κ2) is 6.63. The molecule has 3 nitrogen and oxygen atoms in total. The molecule has 0 aliphatic rings. The normalized spacial score (nSPS) is 14.7. The maximum Gasteiger partial charge on any atom is 0.191 e. The van der Waals surface area contributed by atoms with Crippen LogP contribution in [0.5, 0.6) is 0 Å². The zero-order valence-corrected chi connectivity index (χ0v) is 10.2. The highest BCUT2D eigenvalue weighted by Gasteiger charge is 2.26. The summed E-state index contributed by atoms with van der Waals surface area (Å²) in [5, 5.41) is 0. The van der Waals surface area contributed by atoms with Gasteiger partial charge in [0.25, 0.3) is 0 Å². The van der Waals surface area contributed by atoms with Gasteiger partial charge in [0, 0.05) is 19.3 Å². The average Bonchev–Trinajstić information content (AvgIpc) is 2.35. The van der Waals surface area contributed by atoms with E-state index in [9.17, 15) is 0 Å². The van der Waals surface area contributed by atoms with Crippen molar-refractivity contribution in [2.24, 2.45) is 0 Å². The smallest absolute Gasteiger partial charge is 0.191 e. The summed E-state index contributed by atoms with van der Waals surface area (Å²) in [6.45, 7) is 5.69. The molecule has 0 bridgehead atoms. The molecule has 1 rings (SSSR count). The Balaban J connectivity index is 2.56. The van der Waals surface area contributed by atoms with Crippen molar-refractivity contribution >= 4 is 0 Å². The van der Waals surface area contributed by atoms with E-state index in [1.54, 1.807) is 7.11 Å². The van der Waals surface area contributed by atoms with E-state index in [1.807, 2.05) is 44.2 Å². The van der Waals surface area contributed by atoms with Gasteiger partial charge in [-0.1, -0.05) is 30.3 Å². The standard InChI is InChI=1S/C13H20O3/c1-4-15-10-11-16-13(2,14-3)12-8-6-5-7-9-12/h5-9H,4,10-11H2,1-3H3. The number of hydrogen-bond acceptors (Lipinski definition) is 3. The summed E-state index contributed by atoms with van der Waals surface area (Å²) >= 11 is 0. The van der Waals surface area contributed by atoms with Crippen molar-refractivity contribution in [3.05, 3.63) is 35.9 Å². The molecule has 0 aliphatic carbocycles. The van der Waals surface area contributed by atoms with E-state index in [0.717, 1.165) is 5.56 Å². The molecule has 0 N–H and O–H groups in total. The van der Waals surface area contributed by atoms with Crippen LogP contribution in [0.4, 0.5) is 0 Å². The molecule has 0 radical (unpaired) electrons. The van der Waals surface area contributed by atoms with Crippen LogP contribution in [0.25, 0.3) is 0 Å². The lowest BCUT2D eigenvalue weighted by Crippen LogP contribution is -2.29. The summed E-state index contributed by atoms with van der Waals surface area (Å²) in [7, 11) is 1.65. The van der Waals surface area contributed by atoms with Gasteiger partial charge in [-0.15, -0.1) is 0 Å². The van der Waals surface area contributed by atoms with Crippen LogP contribution in [-0.2, 0) is 20.0 Å². The summed E-state index contributed by atoms with van der Waals surface area (Å²) in [4.78, 5) is 0. The molecule has 0 saturated carbocycles. The third kappa shape index (κ3) is 3.59. The number of benzene rings is 1. The zero-order chi connectivity index (χ0) is 11.9. The Kier molecular flexibility index (Phi) is 5.46. The van der Waals surface area contributed by atoms with E-state index in [2.05, 4.69) is 0 Å². The Morgan fingerprint density at radius 1 is 1.12 bits per heavy atom. The number of rotatable bonds is 7. The molecule has 16 heavy (non-hydrogen) atoms. The summed E-state index contributed by atoms with van der Waals surface area (Å²) in [6, 6.07) is 9.89. The Morgan fingerprint density at radius 3 is 2.38 bits per heavy atom. The van der Waals surface area contributed by atoms with Crippen LogP contribution in [0.2, 0.25) is 0 Å². The van der Waals surface area contributed by atoms with E-state index >= 15 is 0 Å². The lowest BCUT2D eigenvalue weighted by atomic mass is 10.1. The third-order valence-corrected chi connectivity index (χ3v) is 2.50. The van der Waals surface area contributed by atoms with Crippen molar-refractivity contribution in [1.29, 1.82) is 0 Å². The van der Waals surface area contributed by atoms with Crippen LogP contribution >= 0.6 is 0 Å². The fourth-order valence-electron chi connectivity index (χ4n) is 1.44. The molecule has 0 heterocycles. The molecular weight excluding hydrogens is 204 g/mol. The van der Waals surface area contributed by atoms with E-state index in [4.69, 9.17) is 14.2 Å². The van der Waals surface area contributed by atoms with Gasteiger partial charge in [0.15, 0.2) is 5.79 Å². The molecule has 1 aromatic rings. The predicted molar refractivity (Wildman–Crippen MR) is 63.2 cm³/mol. The van der Waals surface area contributed by atoms with Crippen LogP contribution in [-0.4, -0.2) is 26.9 Å². The van der Waals surface area contributed by atoms with Crippen molar-refractivity contribution < 1.29 is 14.2 Å². The molecule has 90 valence electrons. The summed E-state index contributed by atoms with van der Waals surface area (Å²) in [5.41, 5.74) is 1.01. The molecule has 1 aromatic carbocycles. The SMILES string of the molecule is CCOCCOC(C)(OC)c1ccccc1. The van der Waals surface area contributed by atoms with Gasteiger partial charge in [-0.3, -0.25) is 0 Å². The van der Waals surface area contributed by atoms with Crippen molar-refractivity contribution in [2.75, 3.05) is 26.9 Å². The van der Waals surface area contributed by atoms with Crippen molar-refractivity contribution in [2.45, 2.75) is 19.6 Å². The van der Waals surface area contributed by atoms with Crippen molar-refractivity contribution in [1.82, 2.24) is 0 Å². The van der Waals surface area contributed by atoms with Gasteiger partial charge >= 0.3 is 0 Å². The zero-order valence-electron chi connectivity index (χ0n) is 10.2. The maximum atomic E-state index is 5.72. The molecule has 0 amide bonds. The van der Waals surface area contributed by atoms with E-state index in [-0.39, 0.29) is 0 Å². The largest absolute Gasteiger partial charge is 0.379 e. The molecule has 0 aromatic heterocycles. The fraction of sp³-hybridized carbons (Fsp3) is 0.538. The molecule has 0 aliphatic heterocycles. The van der Waals surface area contributed by atoms with Crippen LogP contribution in [0, 0.1) is 0 Å². The highest BCUT2D eigenvalue weighted by atomic mass is 16.7. The molecule has 1 atom stereocenters. The summed E-state index contributed by atoms with van der Waals surface area (Å²) in [5.74, 6) is -0.696. The molecule has 0 fully saturated rings. The van der Waals surface area contributed by atoms with Gasteiger partial charge in [0.2, 0.25) is 0 Å². The maximum absolute atomic E-state index is 5.72. The minimum absolute atomic E-state index is 0.521. The molecule has 0 saturated heterocycles. The Hall–Kier alpha value is -0.900. The van der Waals surface area contributed by atoms with Gasteiger partial charge in [0.1, 0.15) is 0 Å². The first-order valence-electron chi connectivity index (χ1n) is 5.55. The molecule has 0 spiro atoms. The number of ether oxygens (including phenoxy) is 3. The number of hydrogen-bond donors (Lipinski definition) is 0. The predicted octanol–water partition coefficient (Wildman–Crippen LogP) is 2.56. The van der Waals surface area contributed by atoms with Gasteiger partial charge in [-0.25, -0.2) is 0 Å². The Morgan fingerprint density at radius 2 is 1.81 bits per heavy atom. The molecule has 1 unspecified atom stereocenters. The minimum atomic E-state index is -0.696. The minimum Gasteiger partial charge on any atom is -0.379 e. The molecular formula is C13H20O3. The lowest BCUT2D eigenvalue weighted by molar-refractivity contribution is -0.224. The first-order valence-corrected chi connectivity index (χ1v) is 5.55. The fourth-order valence-corrected chi connectivity index (χ4v) is 1.44. The van der Waals surface area contributed by atoms with Crippen LogP contribution in [0.15, 0.2) is 30.3 Å². The van der Waals surface area contributed by atoms with Crippen LogP contribution in [0.3, 0.4) is 0 Å². The summed E-state index contributed by atoms with van der Waals surface area (Å²) in [6.07, 6.45) is 0. The molecule has 3 heteroatoms. The Labute approximate surface area is 97.3 Å². The monoisotopic (exact) mass is 224 g/mol. The summed E-state index contributed by atoms with van der Waals surface area (Å²) < 4.78 is 16.4. The first kappa shape index (κ1) is 13.2. The second-order valence-electron chi connectivity index (χ2n) is 3.56. The van der Waals surface area contributed by atoms with Gasteiger partial charge < -0.3 is 14.2 Å². The van der Waals surface area contributed by atoms with Crippen LogP contribution in [0.1, 0.15) is 19.4 Å². The van der Waals surface area contributed by atoms with E-state index in [1.165, 1.54) is 0 Å². The average molecular weight is 224 g/mol. The van der Waals surface area contributed by atoms with Crippen molar-refractivity contribution in [3.63, 3.8) is 0 Å². The highest BCUT2D eigenvalue weighted by molar-refractivity contribution is 5.19. The van der Waals surface area contributed by atoms with Crippen molar-refractivity contribution in [3.8, 4) is 0 Å².